The molecule has 0 fully saturated rings. The average Bonchev–Trinajstić information content (AvgIpc) is 3.18. The van der Waals surface area contributed by atoms with Crippen molar-refractivity contribution in [2.45, 2.75) is 0 Å². The molecule has 1 aromatic heterocycles. The molecule has 0 atom stereocenters. The van der Waals surface area contributed by atoms with E-state index in [9.17, 15) is 4.79 Å². The Labute approximate surface area is 149 Å². The molecule has 0 aliphatic carbocycles. The lowest BCUT2D eigenvalue weighted by Crippen LogP contribution is -2.16. The molecular weight excluding hydrogens is 334 g/mol. The van der Waals surface area contributed by atoms with Gasteiger partial charge in [-0.15, -0.1) is 0 Å². The van der Waals surface area contributed by atoms with Gasteiger partial charge in [0.15, 0.2) is 11.5 Å². The lowest BCUT2D eigenvalue weighted by Gasteiger charge is -2.18. The Hall–Kier alpha value is -3.48. The SMILES string of the molecule is COc1ccc(-c2cc(C(=O)Nc3ccc4c(c3)OCCO4)[nH]n2)cc1. The number of rotatable bonds is 4. The summed E-state index contributed by atoms with van der Waals surface area (Å²) in [5.41, 5.74) is 2.56. The zero-order valence-corrected chi connectivity index (χ0v) is 14.1. The maximum atomic E-state index is 12.5. The summed E-state index contributed by atoms with van der Waals surface area (Å²) in [6.45, 7) is 1.02. The standard InChI is InChI=1S/C19H17N3O4/c1-24-14-5-2-12(3-6-14)15-11-16(22-21-15)19(23)20-13-4-7-17-18(10-13)26-9-8-25-17/h2-7,10-11H,8-9H2,1H3,(H,20,23)(H,21,22). The molecule has 0 saturated carbocycles. The van der Waals surface area contributed by atoms with Crippen LogP contribution in [0.2, 0.25) is 0 Å². The monoisotopic (exact) mass is 351 g/mol. The summed E-state index contributed by atoms with van der Waals surface area (Å²) >= 11 is 0. The van der Waals surface area contributed by atoms with Gasteiger partial charge in [-0.25, -0.2) is 0 Å². The Morgan fingerprint density at radius 2 is 1.85 bits per heavy atom. The third kappa shape index (κ3) is 3.19. The Morgan fingerprint density at radius 1 is 1.08 bits per heavy atom. The van der Waals surface area contributed by atoms with Gasteiger partial charge in [0.2, 0.25) is 0 Å². The molecule has 1 aliphatic rings. The van der Waals surface area contributed by atoms with Crippen molar-refractivity contribution in [1.82, 2.24) is 10.2 Å². The maximum absolute atomic E-state index is 12.5. The van der Waals surface area contributed by atoms with Gasteiger partial charge >= 0.3 is 0 Å². The number of fused-ring (bicyclic) bond motifs is 1. The zero-order valence-electron chi connectivity index (χ0n) is 14.1. The van der Waals surface area contributed by atoms with Crippen LogP contribution in [0.5, 0.6) is 17.2 Å². The van der Waals surface area contributed by atoms with Crippen LogP contribution in [0.25, 0.3) is 11.3 Å². The van der Waals surface area contributed by atoms with Crippen LogP contribution in [-0.4, -0.2) is 36.4 Å². The number of hydrogen-bond donors (Lipinski definition) is 2. The van der Waals surface area contributed by atoms with Crippen LogP contribution in [0.1, 0.15) is 10.5 Å². The molecule has 26 heavy (non-hydrogen) atoms. The molecule has 1 aliphatic heterocycles. The predicted octanol–water partition coefficient (Wildman–Crippen LogP) is 3.11. The van der Waals surface area contributed by atoms with Gasteiger partial charge in [0, 0.05) is 17.3 Å². The van der Waals surface area contributed by atoms with Crippen molar-refractivity contribution >= 4 is 11.6 Å². The highest BCUT2D eigenvalue weighted by Crippen LogP contribution is 2.32. The number of hydrogen-bond acceptors (Lipinski definition) is 5. The number of benzene rings is 2. The molecule has 0 unspecified atom stereocenters. The van der Waals surface area contributed by atoms with Crippen LogP contribution < -0.4 is 19.5 Å². The van der Waals surface area contributed by atoms with Gasteiger partial charge in [0.25, 0.3) is 5.91 Å². The van der Waals surface area contributed by atoms with Crippen LogP contribution in [0, 0.1) is 0 Å². The number of nitrogens with one attached hydrogen (secondary N) is 2. The maximum Gasteiger partial charge on any atom is 0.273 e. The third-order valence-corrected chi connectivity index (χ3v) is 4.01. The topological polar surface area (TPSA) is 85.5 Å². The van der Waals surface area contributed by atoms with Crippen LogP contribution in [-0.2, 0) is 0 Å². The molecule has 3 aromatic rings. The molecule has 0 spiro atoms. The van der Waals surface area contributed by atoms with E-state index < -0.39 is 0 Å². The van der Waals surface area contributed by atoms with Crippen molar-refractivity contribution in [3.05, 3.63) is 54.2 Å². The number of nitrogens with zero attached hydrogens (tertiary/aromatic N) is 1. The number of carbonyl (C=O) groups excluding carboxylic acids is 1. The smallest absolute Gasteiger partial charge is 0.273 e. The molecule has 0 saturated heterocycles. The molecule has 7 heteroatoms. The third-order valence-electron chi connectivity index (χ3n) is 4.01. The minimum absolute atomic E-state index is 0.283. The van der Waals surface area contributed by atoms with Gasteiger partial charge < -0.3 is 19.5 Å². The van der Waals surface area contributed by atoms with Gasteiger partial charge in [-0.1, -0.05) is 0 Å². The normalized spacial score (nSPS) is 12.5. The van der Waals surface area contributed by atoms with Crippen LogP contribution in [0.4, 0.5) is 5.69 Å². The number of methoxy groups -OCH3 is 1. The number of aromatic amines is 1. The Morgan fingerprint density at radius 3 is 2.62 bits per heavy atom. The number of carbonyl (C=O) groups is 1. The van der Waals surface area contributed by atoms with E-state index >= 15 is 0 Å². The number of amides is 1. The Kier molecular flexibility index (Phi) is 4.18. The van der Waals surface area contributed by atoms with Crippen molar-refractivity contribution in [3.8, 4) is 28.5 Å². The molecule has 2 heterocycles. The van der Waals surface area contributed by atoms with Crippen LogP contribution in [0.15, 0.2) is 48.5 Å². The van der Waals surface area contributed by atoms with Gasteiger partial charge in [0.1, 0.15) is 24.7 Å². The van der Waals surface area contributed by atoms with Gasteiger partial charge in [-0.05, 0) is 42.5 Å². The van der Waals surface area contributed by atoms with E-state index in [1.165, 1.54) is 0 Å². The highest BCUT2D eigenvalue weighted by Gasteiger charge is 2.15. The van der Waals surface area contributed by atoms with E-state index in [1.807, 2.05) is 24.3 Å². The number of aromatic nitrogens is 2. The van der Waals surface area contributed by atoms with Crippen LogP contribution in [0.3, 0.4) is 0 Å². The highest BCUT2D eigenvalue weighted by atomic mass is 16.6. The first-order chi connectivity index (χ1) is 12.7. The lowest BCUT2D eigenvalue weighted by molar-refractivity contribution is 0.102. The first-order valence-corrected chi connectivity index (χ1v) is 8.14. The second-order valence-corrected chi connectivity index (χ2v) is 5.71. The number of H-pyrrole nitrogens is 1. The Balaban J connectivity index is 1.49. The second-order valence-electron chi connectivity index (χ2n) is 5.71. The van der Waals surface area contributed by atoms with E-state index in [4.69, 9.17) is 14.2 Å². The zero-order chi connectivity index (χ0) is 17.9. The molecule has 1 amide bonds. The second kappa shape index (κ2) is 6.79. The molecule has 0 radical (unpaired) electrons. The summed E-state index contributed by atoms with van der Waals surface area (Å²) in [7, 11) is 1.61. The first-order valence-electron chi connectivity index (χ1n) is 8.14. The fraction of sp³-hybridized carbons (Fsp3) is 0.158. The largest absolute Gasteiger partial charge is 0.497 e. The van der Waals surface area contributed by atoms with Gasteiger partial charge in [-0.3, -0.25) is 9.89 Å². The van der Waals surface area contributed by atoms with Crippen molar-refractivity contribution in [1.29, 1.82) is 0 Å². The first kappa shape index (κ1) is 16.0. The lowest BCUT2D eigenvalue weighted by atomic mass is 10.1. The van der Waals surface area contributed by atoms with E-state index in [2.05, 4.69) is 15.5 Å². The van der Waals surface area contributed by atoms with E-state index in [0.717, 1.165) is 11.3 Å². The molecule has 2 N–H and O–H groups in total. The number of anilines is 1. The van der Waals surface area contributed by atoms with Crippen molar-refractivity contribution in [2.24, 2.45) is 0 Å². The minimum atomic E-state index is -0.283. The summed E-state index contributed by atoms with van der Waals surface area (Å²) in [5, 5.41) is 9.80. The summed E-state index contributed by atoms with van der Waals surface area (Å²) < 4.78 is 16.1. The van der Waals surface area contributed by atoms with E-state index in [0.29, 0.717) is 41.8 Å². The highest BCUT2D eigenvalue weighted by molar-refractivity contribution is 6.03. The van der Waals surface area contributed by atoms with Gasteiger partial charge in [-0.2, -0.15) is 5.10 Å². The van der Waals surface area contributed by atoms with Crippen molar-refractivity contribution < 1.29 is 19.0 Å². The van der Waals surface area contributed by atoms with E-state index in [-0.39, 0.29) is 5.91 Å². The summed E-state index contributed by atoms with van der Waals surface area (Å²) in [6, 6.07) is 14.5. The molecule has 132 valence electrons. The van der Waals surface area contributed by atoms with Crippen LogP contribution >= 0.6 is 0 Å². The Bertz CT molecular complexity index is 934. The summed E-state index contributed by atoms with van der Waals surface area (Å²) in [6.07, 6.45) is 0. The minimum Gasteiger partial charge on any atom is -0.497 e. The summed E-state index contributed by atoms with van der Waals surface area (Å²) in [4.78, 5) is 12.5. The molecule has 2 aromatic carbocycles. The fourth-order valence-corrected chi connectivity index (χ4v) is 2.67. The quantitative estimate of drug-likeness (QED) is 0.754. The molecule has 0 bridgehead atoms. The van der Waals surface area contributed by atoms with Gasteiger partial charge in [0.05, 0.1) is 12.8 Å². The predicted molar refractivity (Wildman–Crippen MR) is 96.0 cm³/mol. The summed E-state index contributed by atoms with van der Waals surface area (Å²) in [5.74, 6) is 1.78. The molecule has 7 nitrogen and oxygen atoms in total. The molecular formula is C19H17N3O4. The fourth-order valence-electron chi connectivity index (χ4n) is 2.67. The average molecular weight is 351 g/mol. The van der Waals surface area contributed by atoms with Crippen molar-refractivity contribution in [2.75, 3.05) is 25.6 Å². The number of ether oxygens (including phenoxy) is 3. The van der Waals surface area contributed by atoms with Crippen molar-refractivity contribution in [3.63, 3.8) is 0 Å². The molecule has 4 rings (SSSR count). The van der Waals surface area contributed by atoms with E-state index in [1.54, 1.807) is 31.4 Å².